The Labute approximate surface area is 91.1 Å². The molecule has 0 aromatic carbocycles. The van der Waals surface area contributed by atoms with Crippen molar-refractivity contribution in [3.05, 3.63) is 11.8 Å². The van der Waals surface area contributed by atoms with E-state index >= 15 is 0 Å². The zero-order chi connectivity index (χ0) is 11.5. The molecule has 1 rings (SSSR count). The summed E-state index contributed by atoms with van der Waals surface area (Å²) in [5.41, 5.74) is 7.08. The molecule has 0 radical (unpaired) electrons. The standard InChI is InChI=1S/C11H21N3O/c1-11(2,3)5-4-9-8-10(12)14(13-9)6-7-15/h8,15H,4-7,12H2,1-3H3. The van der Waals surface area contributed by atoms with E-state index < -0.39 is 0 Å². The van der Waals surface area contributed by atoms with Crippen molar-refractivity contribution in [1.29, 1.82) is 0 Å². The van der Waals surface area contributed by atoms with Gasteiger partial charge in [0.15, 0.2) is 0 Å². The molecule has 3 N–H and O–H groups in total. The van der Waals surface area contributed by atoms with Crippen molar-refractivity contribution in [2.45, 2.75) is 40.2 Å². The number of nitrogens with zero attached hydrogens (tertiary/aromatic N) is 2. The van der Waals surface area contributed by atoms with Crippen LogP contribution in [0.2, 0.25) is 0 Å². The van der Waals surface area contributed by atoms with Gasteiger partial charge in [0.2, 0.25) is 0 Å². The van der Waals surface area contributed by atoms with Crippen LogP contribution >= 0.6 is 0 Å². The van der Waals surface area contributed by atoms with E-state index in [1.54, 1.807) is 4.68 Å². The van der Waals surface area contributed by atoms with Gasteiger partial charge in [0.1, 0.15) is 5.82 Å². The minimum atomic E-state index is 0.0740. The largest absolute Gasteiger partial charge is 0.394 e. The lowest BCUT2D eigenvalue weighted by Gasteiger charge is -2.16. The number of nitrogen functional groups attached to an aromatic ring is 1. The minimum Gasteiger partial charge on any atom is -0.394 e. The topological polar surface area (TPSA) is 64.1 Å². The van der Waals surface area contributed by atoms with Crippen LogP contribution in [0.1, 0.15) is 32.9 Å². The molecular weight excluding hydrogens is 190 g/mol. The van der Waals surface area contributed by atoms with Gasteiger partial charge in [0, 0.05) is 6.07 Å². The lowest BCUT2D eigenvalue weighted by atomic mass is 9.90. The summed E-state index contributed by atoms with van der Waals surface area (Å²) in [6.07, 6.45) is 2.02. The molecule has 0 unspecified atom stereocenters. The molecule has 86 valence electrons. The summed E-state index contributed by atoms with van der Waals surface area (Å²) in [6.45, 7) is 7.18. The number of nitrogens with two attached hydrogens (primary N) is 1. The summed E-state index contributed by atoms with van der Waals surface area (Å²) in [5.74, 6) is 0.632. The predicted molar refractivity (Wildman–Crippen MR) is 61.5 cm³/mol. The maximum atomic E-state index is 8.80. The first-order valence-electron chi connectivity index (χ1n) is 5.35. The highest BCUT2D eigenvalue weighted by Crippen LogP contribution is 2.21. The number of aliphatic hydroxyl groups excluding tert-OH is 1. The fourth-order valence-corrected chi connectivity index (χ4v) is 1.39. The average Bonchev–Trinajstić information content (AvgIpc) is 2.44. The molecule has 0 saturated carbocycles. The smallest absolute Gasteiger partial charge is 0.122 e. The van der Waals surface area contributed by atoms with Crippen LogP contribution < -0.4 is 5.73 Å². The number of aliphatic hydroxyl groups is 1. The molecule has 0 bridgehead atoms. The van der Waals surface area contributed by atoms with Crippen molar-refractivity contribution in [2.24, 2.45) is 5.41 Å². The molecule has 4 heteroatoms. The van der Waals surface area contributed by atoms with Gasteiger partial charge in [0.25, 0.3) is 0 Å². The number of aromatic nitrogens is 2. The van der Waals surface area contributed by atoms with Crippen LogP contribution in [0.15, 0.2) is 6.07 Å². The second-order valence-electron chi connectivity index (χ2n) is 5.07. The molecule has 0 saturated heterocycles. The van der Waals surface area contributed by atoms with Crippen LogP contribution in [0.25, 0.3) is 0 Å². The van der Waals surface area contributed by atoms with Crippen molar-refractivity contribution in [3.8, 4) is 0 Å². The Morgan fingerprint density at radius 1 is 1.47 bits per heavy atom. The Hall–Kier alpha value is -1.03. The lowest BCUT2D eigenvalue weighted by molar-refractivity contribution is 0.270. The normalized spacial score (nSPS) is 12.0. The van der Waals surface area contributed by atoms with Crippen LogP contribution in [0.3, 0.4) is 0 Å². The summed E-state index contributed by atoms with van der Waals surface area (Å²) >= 11 is 0. The van der Waals surface area contributed by atoms with Gasteiger partial charge in [0.05, 0.1) is 18.8 Å². The van der Waals surface area contributed by atoms with Crippen molar-refractivity contribution in [3.63, 3.8) is 0 Å². The molecule has 0 amide bonds. The monoisotopic (exact) mass is 211 g/mol. The number of anilines is 1. The van der Waals surface area contributed by atoms with Gasteiger partial charge in [-0.3, -0.25) is 0 Å². The summed E-state index contributed by atoms with van der Waals surface area (Å²) in [5, 5.41) is 13.1. The van der Waals surface area contributed by atoms with Crippen molar-refractivity contribution >= 4 is 5.82 Å². The van der Waals surface area contributed by atoms with E-state index in [0.717, 1.165) is 18.5 Å². The summed E-state index contributed by atoms with van der Waals surface area (Å²) in [7, 11) is 0. The van der Waals surface area contributed by atoms with Crippen molar-refractivity contribution in [1.82, 2.24) is 9.78 Å². The molecule has 0 fully saturated rings. The van der Waals surface area contributed by atoms with Crippen LogP contribution in [0, 0.1) is 5.41 Å². The van der Waals surface area contributed by atoms with E-state index in [2.05, 4.69) is 25.9 Å². The van der Waals surface area contributed by atoms with Gasteiger partial charge in [-0.1, -0.05) is 20.8 Å². The lowest BCUT2D eigenvalue weighted by Crippen LogP contribution is -2.09. The van der Waals surface area contributed by atoms with Gasteiger partial charge in [-0.25, -0.2) is 4.68 Å². The van der Waals surface area contributed by atoms with Crippen molar-refractivity contribution in [2.75, 3.05) is 12.3 Å². The first-order chi connectivity index (χ1) is 6.92. The Morgan fingerprint density at radius 2 is 2.13 bits per heavy atom. The van der Waals surface area contributed by atoms with Gasteiger partial charge in [-0.05, 0) is 18.3 Å². The third kappa shape index (κ3) is 3.91. The van der Waals surface area contributed by atoms with Crippen LogP contribution in [0.4, 0.5) is 5.82 Å². The van der Waals surface area contributed by atoms with Gasteiger partial charge in [-0.15, -0.1) is 0 Å². The van der Waals surface area contributed by atoms with E-state index in [1.807, 2.05) is 6.07 Å². The van der Waals surface area contributed by atoms with Gasteiger partial charge < -0.3 is 10.8 Å². The van der Waals surface area contributed by atoms with Crippen molar-refractivity contribution < 1.29 is 5.11 Å². The highest BCUT2D eigenvalue weighted by atomic mass is 16.3. The summed E-state index contributed by atoms with van der Waals surface area (Å²) < 4.78 is 1.65. The molecule has 1 heterocycles. The number of aryl methyl sites for hydroxylation is 1. The summed E-state index contributed by atoms with van der Waals surface area (Å²) in [6, 6.07) is 1.89. The number of rotatable bonds is 4. The Bertz CT molecular complexity index is 312. The number of hydrogen-bond acceptors (Lipinski definition) is 3. The predicted octanol–water partition coefficient (Wildman–Crippen LogP) is 1.44. The molecular formula is C11H21N3O. The molecule has 4 nitrogen and oxygen atoms in total. The maximum absolute atomic E-state index is 8.80. The average molecular weight is 211 g/mol. The minimum absolute atomic E-state index is 0.0740. The second kappa shape index (κ2) is 4.66. The highest BCUT2D eigenvalue weighted by molar-refractivity contribution is 5.30. The second-order valence-corrected chi connectivity index (χ2v) is 5.07. The third-order valence-corrected chi connectivity index (χ3v) is 2.30. The molecule has 0 spiro atoms. The Balaban J connectivity index is 2.59. The van der Waals surface area contributed by atoms with Gasteiger partial charge in [-0.2, -0.15) is 5.10 Å². The van der Waals surface area contributed by atoms with E-state index in [9.17, 15) is 0 Å². The van der Waals surface area contributed by atoms with E-state index in [1.165, 1.54) is 0 Å². The molecule has 1 aromatic rings. The van der Waals surface area contributed by atoms with Crippen LogP contribution in [-0.4, -0.2) is 21.5 Å². The van der Waals surface area contributed by atoms with E-state index in [-0.39, 0.29) is 6.61 Å². The molecule has 0 aliphatic rings. The third-order valence-electron chi connectivity index (χ3n) is 2.30. The van der Waals surface area contributed by atoms with Gasteiger partial charge >= 0.3 is 0 Å². The molecule has 0 atom stereocenters. The Kier molecular flexibility index (Phi) is 3.74. The van der Waals surface area contributed by atoms with Crippen LogP contribution in [0.5, 0.6) is 0 Å². The SMILES string of the molecule is CC(C)(C)CCc1cc(N)n(CCO)n1. The fourth-order valence-electron chi connectivity index (χ4n) is 1.39. The number of hydrogen-bond donors (Lipinski definition) is 2. The highest BCUT2D eigenvalue weighted by Gasteiger charge is 2.12. The van der Waals surface area contributed by atoms with Crippen LogP contribution in [-0.2, 0) is 13.0 Å². The molecule has 15 heavy (non-hydrogen) atoms. The fraction of sp³-hybridized carbons (Fsp3) is 0.727. The first kappa shape index (κ1) is 12.0. The summed E-state index contributed by atoms with van der Waals surface area (Å²) in [4.78, 5) is 0. The molecule has 0 aliphatic heterocycles. The molecule has 0 aliphatic carbocycles. The zero-order valence-electron chi connectivity index (χ0n) is 9.82. The van der Waals surface area contributed by atoms with E-state index in [0.29, 0.717) is 17.8 Å². The zero-order valence-corrected chi connectivity index (χ0v) is 9.82. The quantitative estimate of drug-likeness (QED) is 0.792. The Morgan fingerprint density at radius 3 is 2.67 bits per heavy atom. The first-order valence-corrected chi connectivity index (χ1v) is 5.35. The maximum Gasteiger partial charge on any atom is 0.122 e. The van der Waals surface area contributed by atoms with E-state index in [4.69, 9.17) is 10.8 Å². The molecule has 1 aromatic heterocycles.